The lowest BCUT2D eigenvalue weighted by atomic mass is 10.1. The molecule has 13 heteroatoms. The van der Waals surface area contributed by atoms with Gasteiger partial charge in [0.1, 0.15) is 17.5 Å². The highest BCUT2D eigenvalue weighted by atomic mass is 16.6. The lowest BCUT2D eigenvalue weighted by Crippen LogP contribution is -2.33. The Kier molecular flexibility index (Phi) is 12.0. The summed E-state index contributed by atoms with van der Waals surface area (Å²) in [6, 6.07) is 14.5. The number of rotatable bonds is 15. The number of nitrogens with one attached hydrogen (secondary N) is 3. The second kappa shape index (κ2) is 15.9. The van der Waals surface area contributed by atoms with Crippen molar-refractivity contribution in [2.24, 2.45) is 0 Å². The quantitative estimate of drug-likeness (QED) is 0.0811. The van der Waals surface area contributed by atoms with Crippen LogP contribution in [0.2, 0.25) is 0 Å². The Hall–Kier alpha value is -4.94. The van der Waals surface area contributed by atoms with Crippen LogP contribution in [-0.2, 0) is 20.7 Å². The van der Waals surface area contributed by atoms with Gasteiger partial charge in [-0.05, 0) is 88.9 Å². The Morgan fingerprint density at radius 3 is 2.30 bits per heavy atom. The highest BCUT2D eigenvalue weighted by Gasteiger charge is 2.18. The Balaban J connectivity index is 1.53. The van der Waals surface area contributed by atoms with Crippen molar-refractivity contribution in [3.63, 3.8) is 0 Å². The first-order valence-corrected chi connectivity index (χ1v) is 14.0. The van der Waals surface area contributed by atoms with Gasteiger partial charge in [0.2, 0.25) is 11.8 Å². The minimum absolute atomic E-state index is 0.0275. The number of amides is 1. The first-order valence-electron chi connectivity index (χ1n) is 14.0. The van der Waals surface area contributed by atoms with Gasteiger partial charge in [-0.25, -0.2) is 9.78 Å². The van der Waals surface area contributed by atoms with Crippen molar-refractivity contribution >= 4 is 40.9 Å². The smallest absolute Gasteiger partial charge is 0.407 e. The number of aromatic nitrogens is 2. The van der Waals surface area contributed by atoms with Crippen LogP contribution in [0.5, 0.6) is 5.75 Å². The lowest BCUT2D eigenvalue weighted by Gasteiger charge is -2.19. The number of aryl methyl sites for hydroxylation is 1. The molecule has 13 nitrogen and oxygen atoms in total. The highest BCUT2D eigenvalue weighted by Crippen LogP contribution is 2.28. The second-order valence-corrected chi connectivity index (χ2v) is 10.4. The molecule has 1 heterocycles. The van der Waals surface area contributed by atoms with E-state index in [1.54, 1.807) is 31.2 Å². The van der Waals surface area contributed by atoms with Gasteiger partial charge in [0.25, 0.3) is 0 Å². The van der Waals surface area contributed by atoms with E-state index in [2.05, 4.69) is 25.9 Å². The molecule has 3 aromatic rings. The predicted octanol–water partition coefficient (Wildman–Crippen LogP) is 6.05. The first kappa shape index (κ1) is 32.6. The number of hydrogen-bond acceptors (Lipinski definition) is 11. The first-order chi connectivity index (χ1) is 20.5. The number of anilines is 4. The molecule has 1 amide bonds. The minimum Gasteiger partial charge on any atom is -0.494 e. The fourth-order valence-electron chi connectivity index (χ4n) is 3.75. The van der Waals surface area contributed by atoms with Gasteiger partial charge in [-0.15, -0.1) is 0 Å². The zero-order valence-electron chi connectivity index (χ0n) is 24.8. The van der Waals surface area contributed by atoms with Crippen LogP contribution in [0.3, 0.4) is 0 Å². The van der Waals surface area contributed by atoms with E-state index >= 15 is 0 Å². The fourth-order valence-corrected chi connectivity index (χ4v) is 3.75. The Labute approximate surface area is 250 Å². The van der Waals surface area contributed by atoms with Gasteiger partial charge in [0, 0.05) is 24.3 Å². The minimum atomic E-state index is -0.556. The Morgan fingerprint density at radius 1 is 0.977 bits per heavy atom. The van der Waals surface area contributed by atoms with Crippen molar-refractivity contribution in [2.45, 2.75) is 59.0 Å². The number of benzene rings is 2. The van der Waals surface area contributed by atoms with Crippen LogP contribution in [0.15, 0.2) is 54.7 Å². The SMILES string of the molecule is CCOC(=O)CCCOc1ccc(Nc2nc(Nc3ccc(CCCNC(=O)OC(C)(C)C)cc3)ncc2[N+](=O)[O-])cc1. The zero-order chi connectivity index (χ0) is 31.2. The topological polar surface area (TPSA) is 167 Å². The summed E-state index contributed by atoms with van der Waals surface area (Å²) in [5.74, 6) is 0.546. The van der Waals surface area contributed by atoms with E-state index in [1.807, 2.05) is 45.0 Å². The summed E-state index contributed by atoms with van der Waals surface area (Å²) < 4.78 is 15.8. The summed E-state index contributed by atoms with van der Waals surface area (Å²) in [5.41, 5.74) is 1.54. The van der Waals surface area contributed by atoms with E-state index < -0.39 is 16.6 Å². The number of nitrogens with zero attached hydrogens (tertiary/aromatic N) is 3. The van der Waals surface area contributed by atoms with Crippen LogP contribution in [0.25, 0.3) is 0 Å². The monoisotopic (exact) mass is 594 g/mol. The zero-order valence-corrected chi connectivity index (χ0v) is 24.8. The van der Waals surface area contributed by atoms with Gasteiger partial charge in [0.05, 0.1) is 18.1 Å². The fraction of sp³-hybridized carbons (Fsp3) is 0.400. The van der Waals surface area contributed by atoms with E-state index in [1.165, 1.54) is 0 Å². The Morgan fingerprint density at radius 2 is 1.65 bits per heavy atom. The van der Waals surface area contributed by atoms with Gasteiger partial charge >= 0.3 is 17.7 Å². The van der Waals surface area contributed by atoms with Gasteiger partial charge in [-0.2, -0.15) is 4.98 Å². The number of carbonyl (C=O) groups is 2. The van der Waals surface area contributed by atoms with Crippen molar-refractivity contribution < 1.29 is 28.7 Å². The summed E-state index contributed by atoms with van der Waals surface area (Å²) >= 11 is 0. The van der Waals surface area contributed by atoms with Crippen molar-refractivity contribution in [2.75, 3.05) is 30.4 Å². The Bertz CT molecular complexity index is 1360. The average molecular weight is 595 g/mol. The highest BCUT2D eigenvalue weighted by molar-refractivity contribution is 5.69. The van der Waals surface area contributed by atoms with Gasteiger partial charge in [-0.3, -0.25) is 14.9 Å². The van der Waals surface area contributed by atoms with E-state index in [-0.39, 0.29) is 29.8 Å². The second-order valence-electron chi connectivity index (χ2n) is 10.4. The molecule has 0 saturated carbocycles. The van der Waals surface area contributed by atoms with E-state index in [0.717, 1.165) is 24.6 Å². The molecule has 0 saturated heterocycles. The molecule has 230 valence electrons. The molecule has 0 aliphatic carbocycles. The molecule has 0 unspecified atom stereocenters. The molecule has 0 radical (unpaired) electrons. The molecule has 43 heavy (non-hydrogen) atoms. The molecule has 0 fully saturated rings. The third kappa shape index (κ3) is 11.8. The van der Waals surface area contributed by atoms with E-state index in [0.29, 0.717) is 43.3 Å². The largest absolute Gasteiger partial charge is 0.494 e. The number of ether oxygens (including phenoxy) is 3. The number of hydrogen-bond donors (Lipinski definition) is 3. The van der Waals surface area contributed by atoms with Crippen molar-refractivity contribution in [3.05, 3.63) is 70.4 Å². The molecule has 0 atom stereocenters. The van der Waals surface area contributed by atoms with E-state index in [4.69, 9.17) is 14.2 Å². The molecule has 1 aromatic heterocycles. The lowest BCUT2D eigenvalue weighted by molar-refractivity contribution is -0.384. The molecule has 0 aliphatic heterocycles. The van der Waals surface area contributed by atoms with E-state index in [9.17, 15) is 19.7 Å². The van der Waals surface area contributed by atoms with Gasteiger partial charge in [-0.1, -0.05) is 12.1 Å². The predicted molar refractivity (Wildman–Crippen MR) is 162 cm³/mol. The number of nitro groups is 1. The normalized spacial score (nSPS) is 10.9. The van der Waals surface area contributed by atoms with Crippen LogP contribution in [0.1, 0.15) is 52.5 Å². The molecular formula is C30H38N6O7. The van der Waals surface area contributed by atoms with Gasteiger partial charge < -0.3 is 30.2 Å². The number of alkyl carbamates (subject to hydrolysis) is 1. The van der Waals surface area contributed by atoms with Crippen molar-refractivity contribution in [1.29, 1.82) is 0 Å². The van der Waals surface area contributed by atoms with Crippen molar-refractivity contribution in [1.82, 2.24) is 15.3 Å². The molecule has 0 aliphatic rings. The van der Waals surface area contributed by atoms with Crippen molar-refractivity contribution in [3.8, 4) is 5.75 Å². The maximum atomic E-state index is 11.8. The third-order valence-corrected chi connectivity index (χ3v) is 5.70. The van der Waals surface area contributed by atoms with Crippen LogP contribution in [-0.4, -0.2) is 52.3 Å². The molecule has 0 bridgehead atoms. The van der Waals surface area contributed by atoms with Crippen LogP contribution in [0.4, 0.5) is 33.6 Å². The summed E-state index contributed by atoms with van der Waals surface area (Å²) in [7, 11) is 0. The molecule has 0 spiro atoms. The summed E-state index contributed by atoms with van der Waals surface area (Å²) in [4.78, 5) is 42.6. The molecule has 2 aromatic carbocycles. The molecular weight excluding hydrogens is 556 g/mol. The van der Waals surface area contributed by atoms with Crippen LogP contribution in [0, 0.1) is 10.1 Å². The molecule has 3 rings (SSSR count). The van der Waals surface area contributed by atoms with Gasteiger partial charge in [0.15, 0.2) is 0 Å². The maximum Gasteiger partial charge on any atom is 0.407 e. The standard InChI is InChI=1S/C30H38N6O7/c1-5-41-26(37)9-7-19-42-24-16-14-22(15-17-24)33-27-25(36(39)40)20-32-28(35-27)34-23-12-10-21(11-13-23)8-6-18-31-29(38)43-30(2,3)4/h10-17,20H,5-9,18-19H2,1-4H3,(H,31,38)(H2,32,33,34,35). The average Bonchev–Trinajstić information content (AvgIpc) is 2.94. The van der Waals surface area contributed by atoms with Crippen LogP contribution >= 0.6 is 0 Å². The van der Waals surface area contributed by atoms with Crippen LogP contribution < -0.4 is 20.7 Å². The molecule has 3 N–H and O–H groups in total. The number of esters is 1. The summed E-state index contributed by atoms with van der Waals surface area (Å²) in [6.07, 6.45) is 3.02. The maximum absolute atomic E-state index is 11.8. The number of carbonyl (C=O) groups excluding carboxylic acids is 2. The third-order valence-electron chi connectivity index (χ3n) is 5.70. The summed E-state index contributed by atoms with van der Waals surface area (Å²) in [6.45, 7) is 8.40. The summed E-state index contributed by atoms with van der Waals surface area (Å²) in [5, 5.41) is 20.4.